The van der Waals surface area contributed by atoms with Crippen molar-refractivity contribution >= 4 is 23.0 Å². The Labute approximate surface area is 129 Å². The molecule has 1 N–H and O–H groups in total. The van der Waals surface area contributed by atoms with E-state index in [-0.39, 0.29) is 16.8 Å². The first-order valence-corrected chi connectivity index (χ1v) is 7.41. The van der Waals surface area contributed by atoms with Gasteiger partial charge in [-0.15, -0.1) is 0 Å². The molecule has 0 saturated carbocycles. The molecule has 1 aliphatic rings. The number of ether oxygens (including phenoxy) is 1. The SMILES string of the molecule is CCN1CCOC(CNc2cc(Cl)c([N+](=O)[O-])cc2C)C1. The number of rotatable bonds is 5. The van der Waals surface area contributed by atoms with Gasteiger partial charge in [0.1, 0.15) is 5.02 Å². The molecule has 21 heavy (non-hydrogen) atoms. The van der Waals surface area contributed by atoms with Crippen LogP contribution in [0, 0.1) is 17.0 Å². The van der Waals surface area contributed by atoms with Gasteiger partial charge in [-0.05, 0) is 25.1 Å². The molecular formula is C14H20ClN3O3. The van der Waals surface area contributed by atoms with Crippen molar-refractivity contribution in [3.05, 3.63) is 32.8 Å². The summed E-state index contributed by atoms with van der Waals surface area (Å²) in [5.74, 6) is 0. The monoisotopic (exact) mass is 313 g/mol. The fraction of sp³-hybridized carbons (Fsp3) is 0.571. The van der Waals surface area contributed by atoms with Gasteiger partial charge in [0.05, 0.1) is 17.6 Å². The lowest BCUT2D eigenvalue weighted by Crippen LogP contribution is -2.45. The highest BCUT2D eigenvalue weighted by molar-refractivity contribution is 6.33. The average molecular weight is 314 g/mol. The van der Waals surface area contributed by atoms with E-state index in [0.29, 0.717) is 6.54 Å². The molecule has 0 aromatic heterocycles. The lowest BCUT2D eigenvalue weighted by atomic mass is 10.1. The minimum atomic E-state index is -0.470. The zero-order valence-corrected chi connectivity index (χ0v) is 13.0. The number of nitro groups is 1. The molecule has 1 unspecified atom stereocenters. The van der Waals surface area contributed by atoms with Crippen LogP contribution in [0.15, 0.2) is 12.1 Å². The van der Waals surface area contributed by atoms with Gasteiger partial charge in [0.15, 0.2) is 0 Å². The molecule has 1 aromatic rings. The van der Waals surface area contributed by atoms with Crippen molar-refractivity contribution in [1.82, 2.24) is 4.90 Å². The Bertz CT molecular complexity index is 524. The Hall–Kier alpha value is -1.37. The first-order chi connectivity index (χ1) is 10.0. The highest BCUT2D eigenvalue weighted by Gasteiger charge is 2.20. The van der Waals surface area contributed by atoms with Crippen molar-refractivity contribution in [2.75, 3.05) is 38.1 Å². The van der Waals surface area contributed by atoms with Crippen LogP contribution in [0.2, 0.25) is 5.02 Å². The molecule has 0 radical (unpaired) electrons. The summed E-state index contributed by atoms with van der Waals surface area (Å²) in [4.78, 5) is 12.7. The molecule has 1 fully saturated rings. The van der Waals surface area contributed by atoms with Gasteiger partial charge in [-0.3, -0.25) is 15.0 Å². The Morgan fingerprint density at radius 2 is 2.33 bits per heavy atom. The number of hydrogen-bond donors (Lipinski definition) is 1. The molecular weight excluding hydrogens is 294 g/mol. The fourth-order valence-electron chi connectivity index (χ4n) is 2.41. The van der Waals surface area contributed by atoms with Crippen molar-refractivity contribution in [3.63, 3.8) is 0 Å². The second-order valence-corrected chi connectivity index (χ2v) is 5.55. The summed E-state index contributed by atoms with van der Waals surface area (Å²) in [5.41, 5.74) is 1.54. The van der Waals surface area contributed by atoms with Crippen LogP contribution in [-0.2, 0) is 4.74 Å². The first kappa shape index (κ1) is 16.0. The van der Waals surface area contributed by atoms with Crippen molar-refractivity contribution in [2.24, 2.45) is 0 Å². The van der Waals surface area contributed by atoms with Crippen LogP contribution in [0.25, 0.3) is 0 Å². The largest absolute Gasteiger partial charge is 0.382 e. The summed E-state index contributed by atoms with van der Waals surface area (Å²) in [6.45, 7) is 8.23. The summed E-state index contributed by atoms with van der Waals surface area (Å²) in [6, 6.07) is 3.10. The highest BCUT2D eigenvalue weighted by Crippen LogP contribution is 2.30. The molecule has 7 heteroatoms. The second-order valence-electron chi connectivity index (χ2n) is 5.14. The summed E-state index contributed by atoms with van der Waals surface area (Å²) in [5, 5.41) is 14.3. The number of halogens is 1. The van der Waals surface area contributed by atoms with Crippen molar-refractivity contribution in [2.45, 2.75) is 20.0 Å². The lowest BCUT2D eigenvalue weighted by Gasteiger charge is -2.32. The number of likely N-dealkylation sites (N-methyl/N-ethyl adjacent to an activating group) is 1. The van der Waals surface area contributed by atoms with Gasteiger partial charge in [0.25, 0.3) is 5.69 Å². The Morgan fingerprint density at radius 3 is 3.00 bits per heavy atom. The molecule has 1 atom stereocenters. The van der Waals surface area contributed by atoms with Crippen LogP contribution in [0.4, 0.5) is 11.4 Å². The van der Waals surface area contributed by atoms with E-state index in [0.717, 1.165) is 37.5 Å². The quantitative estimate of drug-likeness (QED) is 0.668. The third-order valence-electron chi connectivity index (χ3n) is 3.68. The van der Waals surface area contributed by atoms with Crippen molar-refractivity contribution < 1.29 is 9.66 Å². The molecule has 0 bridgehead atoms. The molecule has 1 aliphatic heterocycles. The highest BCUT2D eigenvalue weighted by atomic mass is 35.5. The summed E-state index contributed by atoms with van der Waals surface area (Å²) in [7, 11) is 0. The summed E-state index contributed by atoms with van der Waals surface area (Å²) < 4.78 is 5.72. The molecule has 116 valence electrons. The van der Waals surface area contributed by atoms with E-state index >= 15 is 0 Å². The van der Waals surface area contributed by atoms with E-state index in [4.69, 9.17) is 16.3 Å². The number of anilines is 1. The Balaban J connectivity index is 2.00. The van der Waals surface area contributed by atoms with Gasteiger partial charge < -0.3 is 10.1 Å². The number of hydrogen-bond acceptors (Lipinski definition) is 5. The standard InChI is InChI=1S/C14H20ClN3O3/c1-3-17-4-5-21-11(9-17)8-16-13-7-12(15)14(18(19)20)6-10(13)2/h6-7,11,16H,3-5,8-9H2,1-2H3. The zero-order valence-electron chi connectivity index (χ0n) is 12.3. The summed E-state index contributed by atoms with van der Waals surface area (Å²) in [6.07, 6.45) is 0.118. The third-order valence-corrected chi connectivity index (χ3v) is 3.98. The second kappa shape index (κ2) is 7.06. The lowest BCUT2D eigenvalue weighted by molar-refractivity contribution is -0.384. The molecule has 0 aliphatic carbocycles. The first-order valence-electron chi connectivity index (χ1n) is 7.03. The number of aryl methyl sites for hydroxylation is 1. The normalized spacial score (nSPS) is 19.5. The van der Waals surface area contributed by atoms with Crippen LogP contribution < -0.4 is 5.32 Å². The zero-order chi connectivity index (χ0) is 15.4. The van der Waals surface area contributed by atoms with Crippen LogP contribution in [0.5, 0.6) is 0 Å². The predicted octanol–water partition coefficient (Wildman–Crippen LogP) is 2.69. The van der Waals surface area contributed by atoms with Gasteiger partial charge in [-0.25, -0.2) is 0 Å². The molecule has 1 aromatic carbocycles. The van der Waals surface area contributed by atoms with Gasteiger partial charge >= 0.3 is 0 Å². The molecule has 1 saturated heterocycles. The minimum absolute atomic E-state index is 0.0641. The average Bonchev–Trinajstić information content (AvgIpc) is 2.47. The maximum atomic E-state index is 10.8. The van der Waals surface area contributed by atoms with E-state index in [2.05, 4.69) is 17.1 Å². The molecule has 1 heterocycles. The molecule has 6 nitrogen and oxygen atoms in total. The smallest absolute Gasteiger partial charge is 0.288 e. The topological polar surface area (TPSA) is 67.6 Å². The molecule has 0 spiro atoms. The Kier molecular flexibility index (Phi) is 5.39. The van der Waals surface area contributed by atoms with Crippen molar-refractivity contribution in [3.8, 4) is 0 Å². The van der Waals surface area contributed by atoms with Crippen molar-refractivity contribution in [1.29, 1.82) is 0 Å². The van der Waals surface area contributed by atoms with E-state index < -0.39 is 4.92 Å². The van der Waals surface area contributed by atoms with E-state index in [1.165, 1.54) is 6.07 Å². The summed E-state index contributed by atoms with van der Waals surface area (Å²) >= 11 is 5.94. The number of morpholine rings is 1. The third kappa shape index (κ3) is 4.06. The maximum absolute atomic E-state index is 10.8. The van der Waals surface area contributed by atoms with E-state index in [1.807, 2.05) is 6.92 Å². The Morgan fingerprint density at radius 1 is 1.57 bits per heavy atom. The molecule has 0 amide bonds. The van der Waals surface area contributed by atoms with Gasteiger partial charge in [0, 0.05) is 31.4 Å². The van der Waals surface area contributed by atoms with Crippen LogP contribution in [0.1, 0.15) is 12.5 Å². The fourth-order valence-corrected chi connectivity index (χ4v) is 2.64. The van der Waals surface area contributed by atoms with Crippen LogP contribution in [0.3, 0.4) is 0 Å². The van der Waals surface area contributed by atoms with Crippen LogP contribution >= 0.6 is 11.6 Å². The number of benzene rings is 1. The number of nitrogens with zero attached hydrogens (tertiary/aromatic N) is 2. The maximum Gasteiger partial charge on any atom is 0.288 e. The van der Waals surface area contributed by atoms with Crippen LogP contribution in [-0.4, -0.2) is 48.7 Å². The van der Waals surface area contributed by atoms with Gasteiger partial charge in [-0.2, -0.15) is 0 Å². The minimum Gasteiger partial charge on any atom is -0.382 e. The number of nitrogens with one attached hydrogen (secondary N) is 1. The predicted molar refractivity (Wildman–Crippen MR) is 83.2 cm³/mol. The van der Waals surface area contributed by atoms with Gasteiger partial charge in [0.2, 0.25) is 0 Å². The van der Waals surface area contributed by atoms with Gasteiger partial charge in [-0.1, -0.05) is 18.5 Å². The number of nitro benzene ring substituents is 1. The molecule has 2 rings (SSSR count). The van der Waals surface area contributed by atoms with E-state index in [9.17, 15) is 10.1 Å². The van der Waals surface area contributed by atoms with E-state index in [1.54, 1.807) is 6.07 Å².